The number of carbonyl (C=O) groups is 2. The average Bonchev–Trinajstić information content (AvgIpc) is 2.54. The molecule has 0 radical (unpaired) electrons. The summed E-state index contributed by atoms with van der Waals surface area (Å²) in [7, 11) is 1.51. The second kappa shape index (κ2) is 6.44. The van der Waals surface area contributed by atoms with E-state index in [1.807, 2.05) is 12.1 Å². The third-order valence-electron chi connectivity index (χ3n) is 2.94. The SMILES string of the molecule is CN(CC#N)C(=O)c1cccnc1C(=O)c1ccccc1. The summed E-state index contributed by atoms with van der Waals surface area (Å²) >= 11 is 0. The second-order valence-corrected chi connectivity index (χ2v) is 4.41. The molecule has 0 unspecified atom stereocenters. The summed E-state index contributed by atoms with van der Waals surface area (Å²) in [5.74, 6) is -0.714. The van der Waals surface area contributed by atoms with Crippen molar-refractivity contribution in [1.29, 1.82) is 5.26 Å². The molecule has 0 saturated carbocycles. The highest BCUT2D eigenvalue weighted by molar-refractivity contribution is 6.14. The number of nitrogens with zero attached hydrogens (tertiary/aromatic N) is 3. The van der Waals surface area contributed by atoms with Crippen molar-refractivity contribution in [3.8, 4) is 6.07 Å². The fourth-order valence-corrected chi connectivity index (χ4v) is 1.87. The largest absolute Gasteiger partial charge is 0.328 e. The van der Waals surface area contributed by atoms with Crippen molar-refractivity contribution in [1.82, 2.24) is 9.88 Å². The normalized spacial score (nSPS) is 9.71. The Morgan fingerprint density at radius 2 is 1.90 bits per heavy atom. The lowest BCUT2D eigenvalue weighted by Gasteiger charge is -2.14. The van der Waals surface area contributed by atoms with Crippen LogP contribution < -0.4 is 0 Å². The van der Waals surface area contributed by atoms with Gasteiger partial charge >= 0.3 is 0 Å². The Hall–Kier alpha value is -3.00. The van der Waals surface area contributed by atoms with Gasteiger partial charge in [0.25, 0.3) is 5.91 Å². The van der Waals surface area contributed by atoms with Crippen LogP contribution in [0.25, 0.3) is 0 Å². The van der Waals surface area contributed by atoms with E-state index >= 15 is 0 Å². The maximum Gasteiger partial charge on any atom is 0.256 e. The van der Waals surface area contributed by atoms with Crippen molar-refractivity contribution in [2.75, 3.05) is 13.6 Å². The van der Waals surface area contributed by atoms with Gasteiger partial charge in [0.05, 0.1) is 11.6 Å². The first-order valence-corrected chi connectivity index (χ1v) is 6.32. The number of carbonyl (C=O) groups excluding carboxylic acids is 2. The van der Waals surface area contributed by atoms with Crippen LogP contribution in [0.5, 0.6) is 0 Å². The molecular weight excluding hydrogens is 266 g/mol. The van der Waals surface area contributed by atoms with Gasteiger partial charge in [-0.25, -0.2) is 0 Å². The van der Waals surface area contributed by atoms with E-state index in [0.29, 0.717) is 5.56 Å². The Kier molecular flexibility index (Phi) is 4.42. The monoisotopic (exact) mass is 279 g/mol. The van der Waals surface area contributed by atoms with Gasteiger partial charge in [-0.2, -0.15) is 5.26 Å². The average molecular weight is 279 g/mol. The van der Waals surface area contributed by atoms with Crippen LogP contribution in [0.3, 0.4) is 0 Å². The number of pyridine rings is 1. The van der Waals surface area contributed by atoms with Crippen LogP contribution in [0.15, 0.2) is 48.7 Å². The molecule has 2 rings (SSSR count). The molecule has 0 saturated heterocycles. The van der Waals surface area contributed by atoms with Crippen molar-refractivity contribution >= 4 is 11.7 Å². The first kappa shape index (κ1) is 14.4. The fourth-order valence-electron chi connectivity index (χ4n) is 1.87. The molecular formula is C16H13N3O2. The van der Waals surface area contributed by atoms with Crippen molar-refractivity contribution in [3.63, 3.8) is 0 Å². The second-order valence-electron chi connectivity index (χ2n) is 4.41. The van der Waals surface area contributed by atoms with Crippen LogP contribution >= 0.6 is 0 Å². The Morgan fingerprint density at radius 1 is 1.19 bits per heavy atom. The fraction of sp³-hybridized carbons (Fsp3) is 0.125. The van der Waals surface area contributed by atoms with Crippen molar-refractivity contribution in [2.24, 2.45) is 0 Å². The predicted molar refractivity (Wildman–Crippen MR) is 76.7 cm³/mol. The maximum absolute atomic E-state index is 12.5. The van der Waals surface area contributed by atoms with Gasteiger partial charge < -0.3 is 4.90 Å². The van der Waals surface area contributed by atoms with Crippen LogP contribution in [0.4, 0.5) is 0 Å². The Balaban J connectivity index is 2.40. The lowest BCUT2D eigenvalue weighted by atomic mass is 10.0. The molecule has 0 spiro atoms. The molecule has 0 fully saturated rings. The smallest absolute Gasteiger partial charge is 0.256 e. The number of nitriles is 1. The van der Waals surface area contributed by atoms with Crippen molar-refractivity contribution in [2.45, 2.75) is 0 Å². The van der Waals surface area contributed by atoms with Crippen molar-refractivity contribution in [3.05, 3.63) is 65.5 Å². The minimum absolute atomic E-state index is 0.0489. The van der Waals surface area contributed by atoms with Crippen LogP contribution in [0, 0.1) is 11.3 Å². The standard InChI is InChI=1S/C16H13N3O2/c1-19(11-9-17)16(21)13-8-5-10-18-14(13)15(20)12-6-3-2-4-7-12/h2-8,10H,11H2,1H3. The lowest BCUT2D eigenvalue weighted by Crippen LogP contribution is -2.29. The molecule has 1 aromatic heterocycles. The summed E-state index contributed by atoms with van der Waals surface area (Å²) in [4.78, 5) is 30.0. The van der Waals surface area contributed by atoms with Gasteiger partial charge in [0.2, 0.25) is 5.78 Å². The summed E-state index contributed by atoms with van der Waals surface area (Å²) in [6.45, 7) is -0.0489. The van der Waals surface area contributed by atoms with Crippen molar-refractivity contribution < 1.29 is 9.59 Å². The number of rotatable bonds is 4. The van der Waals surface area contributed by atoms with E-state index in [-0.39, 0.29) is 23.6 Å². The summed E-state index contributed by atoms with van der Waals surface area (Å²) in [6, 6.07) is 13.7. The van der Waals surface area contributed by atoms with Crippen LogP contribution in [0.2, 0.25) is 0 Å². The van der Waals surface area contributed by atoms with Gasteiger partial charge in [-0.3, -0.25) is 14.6 Å². The summed E-state index contributed by atoms with van der Waals surface area (Å²) in [5, 5.41) is 8.66. The van der Waals surface area contributed by atoms with E-state index in [0.717, 1.165) is 0 Å². The number of amides is 1. The van der Waals surface area contributed by atoms with Gasteiger partial charge in [0, 0.05) is 18.8 Å². The number of aromatic nitrogens is 1. The van der Waals surface area contributed by atoms with E-state index in [1.165, 1.54) is 18.1 Å². The van der Waals surface area contributed by atoms with Gasteiger partial charge in [-0.1, -0.05) is 30.3 Å². The Labute approximate surface area is 122 Å². The molecule has 2 aromatic rings. The third-order valence-corrected chi connectivity index (χ3v) is 2.94. The molecule has 0 aliphatic rings. The highest BCUT2D eigenvalue weighted by Crippen LogP contribution is 2.14. The molecule has 0 aliphatic heterocycles. The quantitative estimate of drug-likeness (QED) is 0.633. The summed E-state index contributed by atoms with van der Waals surface area (Å²) in [6.07, 6.45) is 1.47. The van der Waals surface area contributed by atoms with E-state index in [1.54, 1.807) is 36.4 Å². The molecule has 1 heterocycles. The predicted octanol–water partition coefficient (Wildman–Crippen LogP) is 1.91. The van der Waals surface area contributed by atoms with Crippen LogP contribution in [-0.2, 0) is 0 Å². The van der Waals surface area contributed by atoms with Gasteiger partial charge in [-0.05, 0) is 12.1 Å². The van der Waals surface area contributed by atoms with Crippen LogP contribution in [-0.4, -0.2) is 35.2 Å². The molecule has 0 bridgehead atoms. The highest BCUT2D eigenvalue weighted by Gasteiger charge is 2.21. The molecule has 104 valence electrons. The summed E-state index contributed by atoms with van der Waals surface area (Å²) in [5.41, 5.74) is 0.760. The number of hydrogen-bond donors (Lipinski definition) is 0. The first-order chi connectivity index (χ1) is 10.1. The Morgan fingerprint density at radius 3 is 2.57 bits per heavy atom. The summed E-state index contributed by atoms with van der Waals surface area (Å²) < 4.78 is 0. The van der Waals surface area contributed by atoms with Gasteiger partial charge in [0.15, 0.2) is 0 Å². The molecule has 1 aromatic carbocycles. The van der Waals surface area contributed by atoms with E-state index in [2.05, 4.69) is 4.98 Å². The minimum Gasteiger partial charge on any atom is -0.328 e. The maximum atomic E-state index is 12.5. The van der Waals surface area contributed by atoms with E-state index in [4.69, 9.17) is 5.26 Å². The molecule has 21 heavy (non-hydrogen) atoms. The minimum atomic E-state index is -0.399. The molecule has 0 atom stereocenters. The van der Waals surface area contributed by atoms with E-state index < -0.39 is 5.91 Å². The molecule has 0 aliphatic carbocycles. The van der Waals surface area contributed by atoms with Crippen LogP contribution in [0.1, 0.15) is 26.4 Å². The Bertz CT molecular complexity index is 705. The zero-order chi connectivity index (χ0) is 15.2. The van der Waals surface area contributed by atoms with Gasteiger partial charge in [-0.15, -0.1) is 0 Å². The molecule has 5 heteroatoms. The number of hydrogen-bond acceptors (Lipinski definition) is 4. The highest BCUT2D eigenvalue weighted by atomic mass is 16.2. The third kappa shape index (κ3) is 3.12. The molecule has 0 N–H and O–H groups in total. The number of benzene rings is 1. The zero-order valence-corrected chi connectivity index (χ0v) is 11.5. The molecule has 5 nitrogen and oxygen atoms in total. The lowest BCUT2D eigenvalue weighted by molar-refractivity contribution is 0.0806. The van der Waals surface area contributed by atoms with Gasteiger partial charge in [0.1, 0.15) is 12.2 Å². The van der Waals surface area contributed by atoms with E-state index in [9.17, 15) is 9.59 Å². The zero-order valence-electron chi connectivity index (χ0n) is 11.5. The molecule has 1 amide bonds. The first-order valence-electron chi connectivity index (χ1n) is 6.32. The number of ketones is 1. The topological polar surface area (TPSA) is 74.1 Å².